The highest BCUT2D eigenvalue weighted by molar-refractivity contribution is 5.83. The van der Waals surface area contributed by atoms with Crippen molar-refractivity contribution in [1.82, 2.24) is 14.9 Å². The molecule has 0 unspecified atom stereocenters. The van der Waals surface area contributed by atoms with Crippen molar-refractivity contribution in [1.29, 1.82) is 0 Å². The number of carbonyl (C=O) groups excluding carboxylic acids is 4. The summed E-state index contributed by atoms with van der Waals surface area (Å²) < 4.78 is 15.7. The number of amides is 4. The number of hydrogen-bond acceptors (Lipinski definition) is 9. The van der Waals surface area contributed by atoms with Gasteiger partial charge in [0.1, 0.15) is 37.2 Å². The molecule has 3 rings (SSSR count). The van der Waals surface area contributed by atoms with Gasteiger partial charge in [-0.15, -0.1) is 0 Å². The number of hydrogen-bond donors (Lipinski definition) is 2. The molecule has 4 amide bonds. The van der Waals surface area contributed by atoms with Gasteiger partial charge in [0.15, 0.2) is 0 Å². The largest absolute Gasteiger partial charge is 0.523 e. The molecule has 1 aliphatic rings. The Balaban J connectivity index is 1.68. The van der Waals surface area contributed by atoms with Gasteiger partial charge in [-0.1, -0.05) is 30.3 Å². The first-order valence-electron chi connectivity index (χ1n) is 12.4. The van der Waals surface area contributed by atoms with Gasteiger partial charge in [0.25, 0.3) is 0 Å². The van der Waals surface area contributed by atoms with Crippen LogP contribution in [0.3, 0.4) is 0 Å². The van der Waals surface area contributed by atoms with E-state index in [9.17, 15) is 24.0 Å². The van der Waals surface area contributed by atoms with E-state index < -0.39 is 58.6 Å². The highest BCUT2D eigenvalue weighted by Crippen LogP contribution is 2.30. The van der Waals surface area contributed by atoms with Crippen LogP contribution in [0.25, 0.3) is 0 Å². The molecule has 1 fully saturated rings. The van der Waals surface area contributed by atoms with Crippen LogP contribution in [-0.2, 0) is 32.2 Å². The Labute approximate surface area is 225 Å². The van der Waals surface area contributed by atoms with E-state index >= 15 is 0 Å². The lowest BCUT2D eigenvalue weighted by Gasteiger charge is -2.31. The van der Waals surface area contributed by atoms with Crippen molar-refractivity contribution in [3.8, 4) is 0 Å². The number of imide groups is 1. The fourth-order valence-electron chi connectivity index (χ4n) is 4.39. The number of carbonyl (C=O) groups is 4. The van der Waals surface area contributed by atoms with Gasteiger partial charge in [-0.2, -0.15) is 14.3 Å². The van der Waals surface area contributed by atoms with Crippen LogP contribution in [0.1, 0.15) is 39.7 Å². The van der Waals surface area contributed by atoms with Crippen molar-refractivity contribution < 1.29 is 37.9 Å². The van der Waals surface area contributed by atoms with Crippen LogP contribution in [0.5, 0.6) is 0 Å². The summed E-state index contributed by atoms with van der Waals surface area (Å²) in [7, 11) is 1.17. The molecule has 2 aromatic rings. The maximum absolute atomic E-state index is 13.5. The third-order valence-electron chi connectivity index (χ3n) is 6.18. The van der Waals surface area contributed by atoms with Gasteiger partial charge in [0.05, 0.1) is 13.2 Å². The quantitative estimate of drug-likeness (QED) is 0.412. The first-order chi connectivity index (χ1) is 18.3. The number of likely N-dealkylation sites (tertiary alicyclic amines) is 1. The molecule has 2 N–H and O–H groups in total. The van der Waals surface area contributed by atoms with Gasteiger partial charge in [-0.05, 0) is 39.3 Å². The molecule has 0 saturated carbocycles. The van der Waals surface area contributed by atoms with Crippen LogP contribution in [0.15, 0.2) is 47.4 Å². The van der Waals surface area contributed by atoms with Gasteiger partial charge in [0, 0.05) is 12.6 Å². The molecule has 0 bridgehead atoms. The summed E-state index contributed by atoms with van der Waals surface area (Å²) in [5.74, 6) is -0.676. The zero-order chi connectivity index (χ0) is 28.8. The van der Waals surface area contributed by atoms with Crippen LogP contribution >= 0.6 is 0 Å². The van der Waals surface area contributed by atoms with E-state index in [1.54, 1.807) is 39.8 Å². The first-order valence-corrected chi connectivity index (χ1v) is 12.4. The molecule has 2 heterocycles. The summed E-state index contributed by atoms with van der Waals surface area (Å²) in [4.78, 5) is 67.1. The molecule has 13 nitrogen and oxygen atoms in total. The molecule has 0 spiro atoms. The molecular formula is C26H34N5O8+. The Morgan fingerprint density at radius 3 is 2.41 bits per heavy atom. The topological polar surface area (TPSA) is 155 Å². The Morgan fingerprint density at radius 1 is 1.10 bits per heavy atom. The van der Waals surface area contributed by atoms with E-state index in [1.807, 2.05) is 18.2 Å². The Bertz CT molecular complexity index is 1270. The summed E-state index contributed by atoms with van der Waals surface area (Å²) in [5, 5.41) is 5.08. The molecule has 210 valence electrons. The average molecular weight is 545 g/mol. The number of nitrogens with one attached hydrogen (secondary N) is 2. The highest BCUT2D eigenvalue weighted by atomic mass is 16.6. The highest BCUT2D eigenvalue weighted by Gasteiger charge is 2.57. The molecule has 13 heteroatoms. The third kappa shape index (κ3) is 7.41. The molecule has 39 heavy (non-hydrogen) atoms. The molecule has 0 radical (unpaired) electrons. The van der Waals surface area contributed by atoms with Crippen LogP contribution in [0.2, 0.25) is 0 Å². The van der Waals surface area contributed by atoms with Crippen LogP contribution in [0, 0.1) is 0 Å². The Morgan fingerprint density at radius 2 is 1.79 bits per heavy atom. The van der Waals surface area contributed by atoms with Gasteiger partial charge in [-0.3, -0.25) is 9.88 Å². The number of methoxy groups -OCH3 is 1. The fraction of sp³-hybridized carbons (Fsp3) is 0.462. The smallest absolute Gasteiger partial charge is 0.444 e. The van der Waals surface area contributed by atoms with Gasteiger partial charge in [0.2, 0.25) is 0 Å². The minimum absolute atomic E-state index is 0.0354. The zero-order valence-electron chi connectivity index (χ0n) is 22.6. The number of ether oxygens (including phenoxy) is 3. The van der Waals surface area contributed by atoms with Crippen molar-refractivity contribution >= 4 is 30.0 Å². The second-order valence-electron chi connectivity index (χ2n) is 10.3. The minimum Gasteiger partial charge on any atom is -0.444 e. The summed E-state index contributed by atoms with van der Waals surface area (Å²) >= 11 is 0. The SMILES string of the molecule is COC(=O)[N@+]1(C(=O)Cn2ccc(NC(=O)OCc3ccccc3)nc2=O)C[C@H](NC(=O)OC(C)(C)C)C[C@H]1C. The number of anilines is 1. The molecule has 3 atom stereocenters. The second-order valence-corrected chi connectivity index (χ2v) is 10.3. The number of alkyl carbamates (subject to hydrolysis) is 1. The number of aromatic nitrogens is 2. The molecular weight excluding hydrogens is 510 g/mol. The van der Waals surface area contributed by atoms with E-state index in [0.29, 0.717) is 6.42 Å². The molecule has 0 aliphatic carbocycles. The normalized spacial score (nSPS) is 20.5. The maximum atomic E-state index is 13.5. The van der Waals surface area contributed by atoms with Gasteiger partial charge >= 0.3 is 29.9 Å². The summed E-state index contributed by atoms with van der Waals surface area (Å²) in [6, 6.07) is 9.30. The number of quaternary nitrogens is 1. The van der Waals surface area contributed by atoms with Crippen molar-refractivity contribution in [2.45, 2.75) is 65.0 Å². The lowest BCUT2D eigenvalue weighted by molar-refractivity contribution is -0.793. The Kier molecular flexibility index (Phi) is 9.07. The molecule has 1 aromatic heterocycles. The maximum Gasteiger partial charge on any atom is 0.523 e. The van der Waals surface area contributed by atoms with Crippen molar-refractivity contribution in [2.75, 3.05) is 19.0 Å². The van der Waals surface area contributed by atoms with E-state index in [2.05, 4.69) is 15.6 Å². The van der Waals surface area contributed by atoms with E-state index in [1.165, 1.54) is 19.4 Å². The van der Waals surface area contributed by atoms with Crippen molar-refractivity contribution in [3.05, 3.63) is 58.6 Å². The summed E-state index contributed by atoms with van der Waals surface area (Å²) in [6.07, 6.45) is -0.680. The van der Waals surface area contributed by atoms with Gasteiger partial charge < -0.3 is 19.5 Å². The molecule has 1 saturated heterocycles. The number of nitrogens with zero attached hydrogens (tertiary/aromatic N) is 3. The Hall–Kier alpha value is -4.26. The molecule has 1 aliphatic heterocycles. The summed E-state index contributed by atoms with van der Waals surface area (Å²) in [5.41, 5.74) is -0.744. The lowest BCUT2D eigenvalue weighted by Crippen LogP contribution is -2.61. The van der Waals surface area contributed by atoms with E-state index in [0.717, 1.165) is 10.1 Å². The predicted octanol–water partition coefficient (Wildman–Crippen LogP) is 2.79. The number of benzene rings is 1. The van der Waals surface area contributed by atoms with Crippen LogP contribution < -0.4 is 16.3 Å². The fourth-order valence-corrected chi connectivity index (χ4v) is 4.39. The standard InChI is InChI=1S/C26H33N5O8/c1-17-13-19(27-24(35)39-26(2,3)4)15-31(17,25(36)37-5)21(32)14-30-12-11-20(28-22(30)33)29-23(34)38-16-18-9-7-6-8-10-18/h6-12,17,19H,13-16H2,1-5H3,(H-,27,28,29,33,34,35)/p+1/t17-,19-,31-/m1/s1. The van der Waals surface area contributed by atoms with Gasteiger partial charge in [-0.25, -0.2) is 19.2 Å². The average Bonchev–Trinajstić information content (AvgIpc) is 3.19. The zero-order valence-corrected chi connectivity index (χ0v) is 22.6. The lowest BCUT2D eigenvalue weighted by atomic mass is 10.2. The minimum atomic E-state index is -0.817. The van der Waals surface area contributed by atoms with Crippen molar-refractivity contribution in [2.24, 2.45) is 0 Å². The third-order valence-corrected chi connectivity index (χ3v) is 6.18. The predicted molar refractivity (Wildman–Crippen MR) is 139 cm³/mol. The van der Waals surface area contributed by atoms with E-state index in [4.69, 9.17) is 14.2 Å². The van der Waals surface area contributed by atoms with Crippen LogP contribution in [0.4, 0.5) is 20.2 Å². The summed E-state index contributed by atoms with van der Waals surface area (Å²) in [6.45, 7) is 6.35. The molecule has 1 aromatic carbocycles. The number of rotatable bonds is 6. The monoisotopic (exact) mass is 544 g/mol. The van der Waals surface area contributed by atoms with Crippen molar-refractivity contribution in [3.63, 3.8) is 0 Å². The second kappa shape index (κ2) is 12.1. The van der Waals surface area contributed by atoms with E-state index in [-0.39, 0.29) is 19.0 Å². The first kappa shape index (κ1) is 29.3. The van der Waals surface area contributed by atoms with Crippen LogP contribution in [-0.4, -0.2) is 69.6 Å².